The Morgan fingerprint density at radius 1 is 0.481 bits per heavy atom. The van der Waals surface area contributed by atoms with Gasteiger partial charge in [0.2, 0.25) is 0 Å². The van der Waals surface area contributed by atoms with Crippen LogP contribution in [0.15, 0.2) is 0 Å². The van der Waals surface area contributed by atoms with Gasteiger partial charge >= 0.3 is 11.9 Å². The van der Waals surface area contributed by atoms with Crippen LogP contribution in [0.25, 0.3) is 0 Å². The first-order valence-corrected chi connectivity index (χ1v) is 11.5. The van der Waals surface area contributed by atoms with E-state index in [4.69, 9.17) is 9.47 Å². The van der Waals surface area contributed by atoms with Crippen molar-refractivity contribution in [2.24, 2.45) is 0 Å². The van der Waals surface area contributed by atoms with Gasteiger partial charge in [-0.15, -0.1) is 0 Å². The van der Waals surface area contributed by atoms with Gasteiger partial charge in [0.15, 0.2) is 0 Å². The summed E-state index contributed by atoms with van der Waals surface area (Å²) in [5.74, 6) is -0.0961. The van der Waals surface area contributed by atoms with Gasteiger partial charge in [0.1, 0.15) is 0 Å². The predicted molar refractivity (Wildman–Crippen MR) is 112 cm³/mol. The van der Waals surface area contributed by atoms with Crippen molar-refractivity contribution in [2.75, 3.05) is 13.2 Å². The topological polar surface area (TPSA) is 52.6 Å². The van der Waals surface area contributed by atoms with E-state index in [0.29, 0.717) is 26.1 Å². The summed E-state index contributed by atoms with van der Waals surface area (Å²) >= 11 is 0. The summed E-state index contributed by atoms with van der Waals surface area (Å²) in [5.41, 5.74) is 0. The molecule has 0 radical (unpaired) electrons. The molecule has 0 aromatic carbocycles. The van der Waals surface area contributed by atoms with Crippen molar-refractivity contribution >= 4 is 11.9 Å². The number of carbonyl (C=O) groups is 2. The normalized spacial score (nSPS) is 10.7. The van der Waals surface area contributed by atoms with E-state index in [9.17, 15) is 9.59 Å². The first kappa shape index (κ1) is 25.9. The van der Waals surface area contributed by atoms with E-state index in [-0.39, 0.29) is 11.9 Å². The first-order valence-electron chi connectivity index (χ1n) is 11.5. The van der Waals surface area contributed by atoms with Crippen LogP contribution in [0.3, 0.4) is 0 Å². The Bertz CT molecular complexity index is 309. The van der Waals surface area contributed by atoms with Gasteiger partial charge in [-0.1, -0.05) is 84.5 Å². The fraction of sp³-hybridized carbons (Fsp3) is 0.913. The lowest BCUT2D eigenvalue weighted by molar-refractivity contribution is -0.144. The Labute approximate surface area is 167 Å². The van der Waals surface area contributed by atoms with Crippen molar-refractivity contribution in [2.45, 2.75) is 123 Å². The van der Waals surface area contributed by atoms with Crippen LogP contribution in [0.1, 0.15) is 123 Å². The zero-order valence-corrected chi connectivity index (χ0v) is 18.1. The van der Waals surface area contributed by atoms with Gasteiger partial charge < -0.3 is 9.47 Å². The number of hydrogen-bond acceptors (Lipinski definition) is 4. The molecule has 0 aromatic heterocycles. The lowest BCUT2D eigenvalue weighted by atomic mass is 10.1. The fourth-order valence-electron chi connectivity index (χ4n) is 3.00. The highest BCUT2D eigenvalue weighted by Gasteiger charge is 2.03. The highest BCUT2D eigenvalue weighted by atomic mass is 16.5. The van der Waals surface area contributed by atoms with Gasteiger partial charge in [0, 0.05) is 12.8 Å². The van der Waals surface area contributed by atoms with Crippen molar-refractivity contribution in [3.63, 3.8) is 0 Å². The first-order chi connectivity index (χ1) is 13.2. The second-order valence-corrected chi connectivity index (χ2v) is 7.54. The van der Waals surface area contributed by atoms with Gasteiger partial charge in [-0.25, -0.2) is 0 Å². The number of ether oxygens (including phenoxy) is 2. The lowest BCUT2D eigenvalue weighted by Crippen LogP contribution is -2.06. The maximum Gasteiger partial charge on any atom is 0.305 e. The second kappa shape index (κ2) is 21.2. The monoisotopic (exact) mass is 384 g/mol. The average Bonchev–Trinajstić information content (AvgIpc) is 2.66. The molecule has 0 saturated carbocycles. The Morgan fingerprint density at radius 3 is 1.22 bits per heavy atom. The van der Waals surface area contributed by atoms with Crippen LogP contribution < -0.4 is 0 Å². The van der Waals surface area contributed by atoms with Crippen LogP contribution in [0.4, 0.5) is 0 Å². The summed E-state index contributed by atoms with van der Waals surface area (Å²) in [7, 11) is 0. The average molecular weight is 385 g/mol. The third-order valence-electron chi connectivity index (χ3n) is 4.78. The van der Waals surface area contributed by atoms with Crippen molar-refractivity contribution in [3.05, 3.63) is 0 Å². The van der Waals surface area contributed by atoms with Crippen LogP contribution in [0, 0.1) is 0 Å². The highest BCUT2D eigenvalue weighted by Crippen LogP contribution is 2.08. The molecule has 0 unspecified atom stereocenters. The summed E-state index contributed by atoms with van der Waals surface area (Å²) in [4.78, 5) is 23.1. The van der Waals surface area contributed by atoms with E-state index >= 15 is 0 Å². The smallest absolute Gasteiger partial charge is 0.305 e. The van der Waals surface area contributed by atoms with Gasteiger partial charge in [-0.05, 0) is 25.7 Å². The zero-order valence-electron chi connectivity index (χ0n) is 18.1. The van der Waals surface area contributed by atoms with E-state index in [1.165, 1.54) is 38.5 Å². The van der Waals surface area contributed by atoms with Crippen LogP contribution in [0.5, 0.6) is 0 Å². The Kier molecular flexibility index (Phi) is 20.4. The molecular formula is C23H44O4. The van der Waals surface area contributed by atoms with Crippen LogP contribution in [-0.4, -0.2) is 25.2 Å². The van der Waals surface area contributed by atoms with Crippen molar-refractivity contribution in [1.29, 1.82) is 0 Å². The predicted octanol–water partition coefficient (Wildman–Crippen LogP) is 6.74. The molecule has 0 atom stereocenters. The Hall–Kier alpha value is -1.06. The van der Waals surface area contributed by atoms with E-state index in [0.717, 1.165) is 57.8 Å². The minimum absolute atomic E-state index is 0.0481. The summed E-state index contributed by atoms with van der Waals surface area (Å²) in [6.45, 7) is 5.47. The Balaban J connectivity index is 3.23. The standard InChI is InChI=1S/C23H44O4/c1-3-5-7-10-14-18-22(24)26-20-16-12-9-13-17-21-27-23(25)19-15-11-8-6-4-2/h3-21H2,1-2H3. The lowest BCUT2D eigenvalue weighted by Gasteiger charge is -2.06. The van der Waals surface area contributed by atoms with Crippen LogP contribution >= 0.6 is 0 Å². The molecule has 0 amide bonds. The third-order valence-corrected chi connectivity index (χ3v) is 4.78. The number of unbranched alkanes of at least 4 members (excludes halogenated alkanes) is 12. The molecule has 0 aliphatic rings. The summed E-state index contributed by atoms with van der Waals surface area (Å²) in [6.07, 6.45) is 17.8. The fourth-order valence-corrected chi connectivity index (χ4v) is 3.00. The SMILES string of the molecule is CCCCCCCC(=O)OCCCCCCCOC(=O)CCCCCCC. The molecular weight excluding hydrogens is 340 g/mol. The summed E-state index contributed by atoms with van der Waals surface area (Å²) < 4.78 is 10.5. The van der Waals surface area contributed by atoms with Crippen LogP contribution in [-0.2, 0) is 19.1 Å². The molecule has 27 heavy (non-hydrogen) atoms. The number of rotatable bonds is 20. The largest absolute Gasteiger partial charge is 0.466 e. The minimum Gasteiger partial charge on any atom is -0.466 e. The van der Waals surface area contributed by atoms with Crippen LogP contribution in [0.2, 0.25) is 0 Å². The summed E-state index contributed by atoms with van der Waals surface area (Å²) in [6, 6.07) is 0. The second-order valence-electron chi connectivity index (χ2n) is 7.54. The van der Waals surface area contributed by atoms with Gasteiger partial charge in [-0.3, -0.25) is 9.59 Å². The quantitative estimate of drug-likeness (QED) is 0.172. The molecule has 4 nitrogen and oxygen atoms in total. The Morgan fingerprint density at radius 2 is 0.815 bits per heavy atom. The zero-order chi connectivity index (χ0) is 20.0. The van der Waals surface area contributed by atoms with Gasteiger partial charge in [-0.2, -0.15) is 0 Å². The maximum atomic E-state index is 11.6. The third kappa shape index (κ3) is 21.1. The molecule has 0 aliphatic heterocycles. The van der Waals surface area contributed by atoms with Gasteiger partial charge in [0.05, 0.1) is 13.2 Å². The molecule has 0 rings (SSSR count). The molecule has 0 fully saturated rings. The molecule has 0 saturated heterocycles. The van der Waals surface area contributed by atoms with E-state index in [2.05, 4.69) is 13.8 Å². The molecule has 0 aromatic rings. The van der Waals surface area contributed by atoms with Crippen molar-refractivity contribution in [3.8, 4) is 0 Å². The summed E-state index contributed by atoms with van der Waals surface area (Å²) in [5, 5.41) is 0. The number of esters is 2. The molecule has 0 bridgehead atoms. The van der Waals surface area contributed by atoms with E-state index in [1.807, 2.05) is 0 Å². The molecule has 0 aliphatic carbocycles. The maximum absolute atomic E-state index is 11.6. The number of carbonyl (C=O) groups excluding carboxylic acids is 2. The van der Waals surface area contributed by atoms with Crippen molar-refractivity contribution < 1.29 is 19.1 Å². The van der Waals surface area contributed by atoms with E-state index < -0.39 is 0 Å². The molecule has 4 heteroatoms. The number of hydrogen-bond donors (Lipinski definition) is 0. The van der Waals surface area contributed by atoms with Gasteiger partial charge in [0.25, 0.3) is 0 Å². The minimum atomic E-state index is -0.0481. The molecule has 0 spiro atoms. The molecule has 0 N–H and O–H groups in total. The molecule has 160 valence electrons. The molecule has 0 heterocycles. The van der Waals surface area contributed by atoms with E-state index in [1.54, 1.807) is 0 Å². The highest BCUT2D eigenvalue weighted by molar-refractivity contribution is 5.69. The van der Waals surface area contributed by atoms with Crippen molar-refractivity contribution in [1.82, 2.24) is 0 Å².